The molecule has 0 aliphatic carbocycles. The second-order valence-electron chi connectivity index (χ2n) is 3.95. The predicted molar refractivity (Wildman–Crippen MR) is 66.1 cm³/mol. The van der Waals surface area contributed by atoms with Crippen LogP contribution >= 0.6 is 11.3 Å². The summed E-state index contributed by atoms with van der Waals surface area (Å²) >= 11 is 0.973. The van der Waals surface area contributed by atoms with E-state index in [9.17, 15) is 13.2 Å². The van der Waals surface area contributed by atoms with E-state index in [2.05, 4.69) is 0 Å². The lowest BCUT2D eigenvalue weighted by Crippen LogP contribution is -2.33. The molecule has 1 heterocycles. The summed E-state index contributed by atoms with van der Waals surface area (Å²) in [5.74, 6) is -1.10. The monoisotopic (exact) mass is 277 g/mol. The van der Waals surface area contributed by atoms with Crippen molar-refractivity contribution < 1.29 is 18.3 Å². The normalized spacial score (nSPS) is 12.4. The third-order valence-corrected chi connectivity index (χ3v) is 5.79. The third-order valence-electron chi connectivity index (χ3n) is 2.47. The molecule has 0 aromatic carbocycles. The second-order valence-corrected chi connectivity index (χ2v) is 7.17. The number of rotatable bonds is 4. The largest absolute Gasteiger partial charge is 0.477 e. The molecule has 7 heteroatoms. The molecule has 0 saturated carbocycles. The number of carboxylic acids is 1. The van der Waals surface area contributed by atoms with Crippen LogP contribution in [0.1, 0.15) is 28.4 Å². The smallest absolute Gasteiger partial charge is 0.345 e. The van der Waals surface area contributed by atoms with Crippen LogP contribution in [-0.4, -0.2) is 36.9 Å². The van der Waals surface area contributed by atoms with Gasteiger partial charge in [0.15, 0.2) is 0 Å². The zero-order valence-corrected chi connectivity index (χ0v) is 11.7. The molecule has 0 unspecified atom stereocenters. The molecule has 0 fully saturated rings. The molecule has 17 heavy (non-hydrogen) atoms. The first-order chi connectivity index (χ1) is 7.67. The number of sulfonamides is 1. The summed E-state index contributed by atoms with van der Waals surface area (Å²) in [7, 11) is -2.12. The van der Waals surface area contributed by atoms with Gasteiger partial charge in [-0.05, 0) is 26.8 Å². The number of nitrogens with zero attached hydrogens (tertiary/aromatic N) is 1. The van der Waals surface area contributed by atoms with Crippen molar-refractivity contribution in [2.24, 2.45) is 0 Å². The Morgan fingerprint density at radius 1 is 1.47 bits per heavy atom. The van der Waals surface area contributed by atoms with E-state index in [1.165, 1.54) is 17.4 Å². The van der Waals surface area contributed by atoms with Crippen molar-refractivity contribution >= 4 is 27.3 Å². The van der Waals surface area contributed by atoms with E-state index in [0.717, 1.165) is 11.3 Å². The Labute approximate surface area is 105 Å². The van der Waals surface area contributed by atoms with Crippen LogP contribution in [0.5, 0.6) is 0 Å². The molecule has 96 valence electrons. The van der Waals surface area contributed by atoms with Crippen LogP contribution in [0.3, 0.4) is 0 Å². The third kappa shape index (κ3) is 2.67. The maximum Gasteiger partial charge on any atom is 0.345 e. The Morgan fingerprint density at radius 2 is 2.00 bits per heavy atom. The fourth-order valence-electron chi connectivity index (χ4n) is 1.26. The van der Waals surface area contributed by atoms with Crippen molar-refractivity contribution in [3.8, 4) is 0 Å². The fourth-order valence-corrected chi connectivity index (χ4v) is 4.02. The van der Waals surface area contributed by atoms with Crippen LogP contribution in [0.15, 0.2) is 11.0 Å². The van der Waals surface area contributed by atoms with Gasteiger partial charge >= 0.3 is 5.97 Å². The molecular formula is C10H15NO4S2. The highest BCUT2D eigenvalue weighted by Gasteiger charge is 2.27. The molecule has 0 amide bonds. The number of thiophene rings is 1. The minimum atomic E-state index is -3.60. The minimum absolute atomic E-state index is 0.0400. The number of aromatic carboxylic acids is 1. The molecule has 1 aromatic heterocycles. The molecule has 0 aliphatic rings. The van der Waals surface area contributed by atoms with Gasteiger partial charge in [-0.1, -0.05) is 0 Å². The highest BCUT2D eigenvalue weighted by molar-refractivity contribution is 7.89. The highest BCUT2D eigenvalue weighted by Crippen LogP contribution is 2.28. The Morgan fingerprint density at radius 3 is 2.35 bits per heavy atom. The van der Waals surface area contributed by atoms with Gasteiger partial charge in [0.25, 0.3) is 0 Å². The van der Waals surface area contributed by atoms with Gasteiger partial charge < -0.3 is 5.11 Å². The number of hydrogen-bond acceptors (Lipinski definition) is 4. The Bertz CT molecular complexity index is 531. The average molecular weight is 277 g/mol. The summed E-state index contributed by atoms with van der Waals surface area (Å²) in [6, 6.07) is 1.05. The minimum Gasteiger partial charge on any atom is -0.477 e. The SMILES string of the molecule is Cc1sc(C(=O)O)cc1S(=O)(=O)N(C)C(C)C. The van der Waals surface area contributed by atoms with Crippen molar-refractivity contribution in [3.63, 3.8) is 0 Å². The summed E-state index contributed by atoms with van der Waals surface area (Å²) in [4.78, 5) is 11.4. The van der Waals surface area contributed by atoms with Crippen molar-refractivity contribution in [3.05, 3.63) is 15.8 Å². The number of carbonyl (C=O) groups is 1. The van der Waals surface area contributed by atoms with E-state index in [0.29, 0.717) is 4.88 Å². The zero-order chi connectivity index (χ0) is 13.4. The molecule has 0 bridgehead atoms. The standard InChI is InChI=1S/C10H15NO4S2/c1-6(2)11(4)17(14,15)9-5-8(10(12)13)16-7(9)3/h5-6H,1-4H3,(H,12,13). The summed E-state index contributed by atoms with van der Waals surface area (Å²) in [5.41, 5.74) is 0. The fraction of sp³-hybridized carbons (Fsp3) is 0.500. The summed E-state index contributed by atoms with van der Waals surface area (Å²) in [6.45, 7) is 5.13. The molecule has 1 rings (SSSR count). The lowest BCUT2D eigenvalue weighted by molar-refractivity contribution is 0.0702. The van der Waals surface area contributed by atoms with E-state index in [1.807, 2.05) is 0 Å². The molecule has 1 aromatic rings. The van der Waals surface area contributed by atoms with Gasteiger partial charge in [-0.3, -0.25) is 0 Å². The van der Waals surface area contributed by atoms with Crippen molar-refractivity contribution in [1.29, 1.82) is 0 Å². The van der Waals surface area contributed by atoms with E-state index >= 15 is 0 Å². The molecule has 0 atom stereocenters. The first kappa shape index (κ1) is 14.1. The van der Waals surface area contributed by atoms with Gasteiger partial charge in [0.2, 0.25) is 10.0 Å². The highest BCUT2D eigenvalue weighted by atomic mass is 32.2. The summed E-state index contributed by atoms with van der Waals surface area (Å²) < 4.78 is 25.6. The van der Waals surface area contributed by atoms with Crippen molar-refractivity contribution in [2.75, 3.05) is 7.05 Å². The lowest BCUT2D eigenvalue weighted by Gasteiger charge is -2.20. The van der Waals surface area contributed by atoms with Crippen molar-refractivity contribution in [2.45, 2.75) is 31.7 Å². The Kier molecular flexibility index (Phi) is 3.95. The van der Waals surface area contributed by atoms with E-state index < -0.39 is 16.0 Å². The maximum absolute atomic E-state index is 12.2. The van der Waals surface area contributed by atoms with Crippen LogP contribution in [0.2, 0.25) is 0 Å². The molecule has 0 aliphatic heterocycles. The summed E-state index contributed by atoms with van der Waals surface area (Å²) in [6.07, 6.45) is 0. The van der Waals surface area contributed by atoms with Crippen LogP contribution in [0.4, 0.5) is 0 Å². The average Bonchev–Trinajstić information content (AvgIpc) is 2.59. The number of hydrogen-bond donors (Lipinski definition) is 1. The zero-order valence-electron chi connectivity index (χ0n) is 10.1. The Hall–Kier alpha value is -0.920. The van der Waals surface area contributed by atoms with E-state index in [1.54, 1.807) is 20.8 Å². The number of aryl methyl sites for hydroxylation is 1. The van der Waals surface area contributed by atoms with Gasteiger partial charge in [0, 0.05) is 18.0 Å². The van der Waals surface area contributed by atoms with Crippen molar-refractivity contribution in [1.82, 2.24) is 4.31 Å². The van der Waals surface area contributed by atoms with Gasteiger partial charge in [-0.2, -0.15) is 4.31 Å². The molecule has 0 saturated heterocycles. The molecule has 0 spiro atoms. The van der Waals surface area contributed by atoms with Crippen LogP contribution in [0.25, 0.3) is 0 Å². The Balaban J connectivity index is 3.29. The predicted octanol–water partition coefficient (Wildman–Crippen LogP) is 1.78. The quantitative estimate of drug-likeness (QED) is 0.910. The summed E-state index contributed by atoms with van der Waals surface area (Å²) in [5, 5.41) is 8.84. The molecule has 5 nitrogen and oxygen atoms in total. The van der Waals surface area contributed by atoms with E-state index in [4.69, 9.17) is 5.11 Å². The van der Waals surface area contributed by atoms with Crippen LogP contribution in [-0.2, 0) is 10.0 Å². The molecular weight excluding hydrogens is 262 g/mol. The second kappa shape index (κ2) is 4.75. The topological polar surface area (TPSA) is 74.7 Å². The van der Waals surface area contributed by atoms with Crippen LogP contribution < -0.4 is 0 Å². The first-order valence-corrected chi connectivity index (χ1v) is 7.25. The first-order valence-electron chi connectivity index (χ1n) is 4.99. The number of carboxylic acid groups (broad SMARTS) is 1. The molecule has 1 N–H and O–H groups in total. The van der Waals surface area contributed by atoms with Gasteiger partial charge in [-0.15, -0.1) is 11.3 Å². The lowest BCUT2D eigenvalue weighted by atomic mass is 10.4. The maximum atomic E-state index is 12.2. The van der Waals surface area contributed by atoms with E-state index in [-0.39, 0.29) is 15.8 Å². The molecule has 0 radical (unpaired) electrons. The van der Waals surface area contributed by atoms with Gasteiger partial charge in [0.1, 0.15) is 4.88 Å². The van der Waals surface area contributed by atoms with Gasteiger partial charge in [0.05, 0.1) is 4.90 Å². The van der Waals surface area contributed by atoms with Gasteiger partial charge in [-0.25, -0.2) is 13.2 Å². The van der Waals surface area contributed by atoms with Crippen LogP contribution in [0, 0.1) is 6.92 Å².